The van der Waals surface area contributed by atoms with Crippen LogP contribution in [0.3, 0.4) is 0 Å². The lowest BCUT2D eigenvalue weighted by molar-refractivity contribution is 0.480. The van der Waals surface area contributed by atoms with E-state index in [4.69, 9.17) is 4.74 Å². The molecular formula is C14H11FO. The van der Waals surface area contributed by atoms with Crippen LogP contribution < -0.4 is 4.74 Å². The summed E-state index contributed by atoms with van der Waals surface area (Å²) in [6.07, 6.45) is 1.77. The molecule has 0 atom stereocenters. The van der Waals surface area contributed by atoms with Gasteiger partial charge < -0.3 is 4.74 Å². The van der Waals surface area contributed by atoms with Crippen molar-refractivity contribution in [2.45, 2.75) is 0 Å². The summed E-state index contributed by atoms with van der Waals surface area (Å²) >= 11 is 0. The van der Waals surface area contributed by atoms with Gasteiger partial charge >= 0.3 is 0 Å². The summed E-state index contributed by atoms with van der Waals surface area (Å²) in [5.41, 5.74) is 1.03. The molecule has 2 heteroatoms. The number of hydrogen-bond donors (Lipinski definition) is 0. The fourth-order valence-electron chi connectivity index (χ4n) is 1.31. The molecule has 0 aliphatic carbocycles. The molecule has 80 valence electrons. The molecule has 2 rings (SSSR count). The summed E-state index contributed by atoms with van der Waals surface area (Å²) in [4.78, 5) is 0. The van der Waals surface area contributed by atoms with Gasteiger partial charge in [0.1, 0.15) is 17.3 Å². The van der Waals surface area contributed by atoms with Crippen molar-refractivity contribution in [2.24, 2.45) is 0 Å². The van der Waals surface area contributed by atoms with Crippen LogP contribution in [0.15, 0.2) is 55.1 Å². The molecule has 0 aliphatic heterocycles. The van der Waals surface area contributed by atoms with Gasteiger partial charge in [0.25, 0.3) is 0 Å². The van der Waals surface area contributed by atoms with Gasteiger partial charge in [0.2, 0.25) is 0 Å². The Bertz CT molecular complexity index is 471. The molecule has 0 saturated carbocycles. The molecule has 0 N–H and O–H groups in total. The zero-order valence-corrected chi connectivity index (χ0v) is 8.69. The second-order valence-corrected chi connectivity index (χ2v) is 3.33. The third kappa shape index (κ3) is 2.48. The summed E-state index contributed by atoms with van der Waals surface area (Å²) in [7, 11) is 0. The van der Waals surface area contributed by atoms with E-state index in [9.17, 15) is 4.39 Å². The van der Waals surface area contributed by atoms with Gasteiger partial charge in [0, 0.05) is 0 Å². The van der Waals surface area contributed by atoms with Gasteiger partial charge in [-0.05, 0) is 42.0 Å². The first kappa shape index (κ1) is 10.4. The van der Waals surface area contributed by atoms with Crippen molar-refractivity contribution >= 4 is 6.08 Å². The van der Waals surface area contributed by atoms with Gasteiger partial charge in [0.05, 0.1) is 0 Å². The van der Waals surface area contributed by atoms with Crippen LogP contribution in [-0.4, -0.2) is 0 Å². The van der Waals surface area contributed by atoms with E-state index in [0.717, 1.165) is 11.3 Å². The first-order valence-electron chi connectivity index (χ1n) is 4.94. The van der Waals surface area contributed by atoms with Crippen molar-refractivity contribution in [3.63, 3.8) is 0 Å². The molecule has 0 unspecified atom stereocenters. The highest BCUT2D eigenvalue weighted by molar-refractivity contribution is 5.48. The van der Waals surface area contributed by atoms with E-state index >= 15 is 0 Å². The quantitative estimate of drug-likeness (QED) is 0.741. The molecule has 0 heterocycles. The summed E-state index contributed by atoms with van der Waals surface area (Å²) < 4.78 is 18.2. The van der Waals surface area contributed by atoms with Gasteiger partial charge in [0.15, 0.2) is 0 Å². The summed E-state index contributed by atoms with van der Waals surface area (Å²) in [6, 6.07) is 13.4. The monoisotopic (exact) mass is 214 g/mol. The average Bonchev–Trinajstić information content (AvgIpc) is 2.33. The molecule has 2 aromatic rings. The molecule has 0 spiro atoms. The van der Waals surface area contributed by atoms with Gasteiger partial charge in [-0.2, -0.15) is 0 Å². The predicted molar refractivity (Wildman–Crippen MR) is 63.0 cm³/mol. The lowest BCUT2D eigenvalue weighted by atomic mass is 10.2. The van der Waals surface area contributed by atoms with Crippen molar-refractivity contribution in [1.82, 2.24) is 0 Å². The van der Waals surface area contributed by atoms with Crippen LogP contribution in [-0.2, 0) is 0 Å². The number of ether oxygens (including phenoxy) is 1. The third-order valence-corrected chi connectivity index (χ3v) is 2.17. The van der Waals surface area contributed by atoms with Gasteiger partial charge in [-0.1, -0.05) is 24.8 Å². The maximum Gasteiger partial charge on any atom is 0.127 e. The van der Waals surface area contributed by atoms with Gasteiger partial charge in [-0.3, -0.25) is 0 Å². The second kappa shape index (κ2) is 4.62. The predicted octanol–water partition coefficient (Wildman–Crippen LogP) is 4.26. The Morgan fingerprint density at radius 3 is 1.88 bits per heavy atom. The van der Waals surface area contributed by atoms with E-state index < -0.39 is 0 Å². The summed E-state index contributed by atoms with van der Waals surface area (Å²) in [5, 5.41) is 0. The smallest absolute Gasteiger partial charge is 0.127 e. The van der Waals surface area contributed by atoms with Gasteiger partial charge in [-0.15, -0.1) is 0 Å². The minimum atomic E-state index is -0.269. The van der Waals surface area contributed by atoms with E-state index in [1.54, 1.807) is 18.2 Å². The molecule has 0 bridgehead atoms. The number of hydrogen-bond acceptors (Lipinski definition) is 1. The number of benzene rings is 2. The standard InChI is InChI=1S/C14H11FO/c1-2-11-3-7-13(8-4-11)16-14-9-5-12(15)6-10-14/h2-10H,1H2. The van der Waals surface area contributed by atoms with Crippen LogP contribution >= 0.6 is 0 Å². The minimum Gasteiger partial charge on any atom is -0.457 e. The maximum absolute atomic E-state index is 12.7. The number of halogens is 1. The minimum absolute atomic E-state index is 0.269. The van der Waals surface area contributed by atoms with E-state index in [-0.39, 0.29) is 5.82 Å². The Morgan fingerprint density at radius 1 is 0.875 bits per heavy atom. The maximum atomic E-state index is 12.7. The second-order valence-electron chi connectivity index (χ2n) is 3.33. The molecule has 16 heavy (non-hydrogen) atoms. The molecule has 0 aliphatic rings. The molecule has 0 radical (unpaired) electrons. The lowest BCUT2D eigenvalue weighted by Gasteiger charge is -2.05. The van der Waals surface area contributed by atoms with Crippen LogP contribution in [0.5, 0.6) is 11.5 Å². The highest BCUT2D eigenvalue weighted by atomic mass is 19.1. The molecule has 2 aromatic carbocycles. The van der Waals surface area contributed by atoms with Crippen molar-refractivity contribution in [1.29, 1.82) is 0 Å². The van der Waals surface area contributed by atoms with E-state index in [1.807, 2.05) is 24.3 Å². The van der Waals surface area contributed by atoms with Crippen LogP contribution in [0.2, 0.25) is 0 Å². The zero-order valence-electron chi connectivity index (χ0n) is 8.69. The van der Waals surface area contributed by atoms with Crippen LogP contribution in [0, 0.1) is 5.82 Å². The SMILES string of the molecule is C=Cc1ccc(Oc2ccc(F)cc2)cc1. The average molecular weight is 214 g/mol. The molecule has 1 nitrogen and oxygen atoms in total. The Labute approximate surface area is 93.8 Å². The molecular weight excluding hydrogens is 203 g/mol. The molecule has 0 amide bonds. The Morgan fingerprint density at radius 2 is 1.38 bits per heavy atom. The fraction of sp³-hybridized carbons (Fsp3) is 0. The van der Waals surface area contributed by atoms with Crippen molar-refractivity contribution in [2.75, 3.05) is 0 Å². The van der Waals surface area contributed by atoms with E-state index in [0.29, 0.717) is 5.75 Å². The first-order valence-corrected chi connectivity index (χ1v) is 4.94. The molecule has 0 aromatic heterocycles. The van der Waals surface area contributed by atoms with Crippen molar-refractivity contribution in [3.8, 4) is 11.5 Å². The Hall–Kier alpha value is -2.09. The van der Waals surface area contributed by atoms with Crippen molar-refractivity contribution < 1.29 is 9.13 Å². The molecule has 0 saturated heterocycles. The number of rotatable bonds is 3. The van der Waals surface area contributed by atoms with Crippen molar-refractivity contribution in [3.05, 3.63) is 66.5 Å². The zero-order chi connectivity index (χ0) is 11.4. The topological polar surface area (TPSA) is 9.23 Å². The summed E-state index contributed by atoms with van der Waals surface area (Å²) in [6.45, 7) is 3.67. The lowest BCUT2D eigenvalue weighted by Crippen LogP contribution is -1.84. The highest BCUT2D eigenvalue weighted by Gasteiger charge is 1.97. The third-order valence-electron chi connectivity index (χ3n) is 2.17. The fourth-order valence-corrected chi connectivity index (χ4v) is 1.31. The normalized spacial score (nSPS) is 9.81. The van der Waals surface area contributed by atoms with Crippen LogP contribution in [0.4, 0.5) is 4.39 Å². The van der Waals surface area contributed by atoms with Crippen LogP contribution in [0.1, 0.15) is 5.56 Å². The van der Waals surface area contributed by atoms with Gasteiger partial charge in [-0.25, -0.2) is 4.39 Å². The first-order chi connectivity index (χ1) is 7.78. The van der Waals surface area contributed by atoms with Crippen LogP contribution in [0.25, 0.3) is 6.08 Å². The molecule has 0 fully saturated rings. The Balaban J connectivity index is 2.14. The Kier molecular flexibility index (Phi) is 3.01. The largest absolute Gasteiger partial charge is 0.457 e. The van der Waals surface area contributed by atoms with E-state index in [1.165, 1.54) is 12.1 Å². The summed E-state index contributed by atoms with van der Waals surface area (Å²) in [5.74, 6) is 1.07. The van der Waals surface area contributed by atoms with E-state index in [2.05, 4.69) is 6.58 Å². The highest BCUT2D eigenvalue weighted by Crippen LogP contribution is 2.21.